The second-order valence-corrected chi connectivity index (χ2v) is 4.38. The SMILES string of the molecule is CNC1=[N+](C)C(C)[N+](C)(C)C(C)=C1N. The second kappa shape index (κ2) is 3.28. The Morgan fingerprint density at radius 2 is 1.93 bits per heavy atom. The van der Waals surface area contributed by atoms with Crippen LogP contribution in [0.4, 0.5) is 0 Å². The summed E-state index contributed by atoms with van der Waals surface area (Å²) in [4.78, 5) is 0. The Bertz CT molecular complexity index is 312. The predicted molar refractivity (Wildman–Crippen MR) is 58.7 cm³/mol. The van der Waals surface area contributed by atoms with Crippen molar-refractivity contribution in [3.63, 3.8) is 0 Å². The molecule has 1 rings (SSSR count). The molecule has 0 saturated carbocycles. The maximum Gasteiger partial charge on any atom is 0.303 e. The van der Waals surface area contributed by atoms with E-state index >= 15 is 0 Å². The molecule has 1 atom stereocenters. The Hall–Kier alpha value is -1.03. The van der Waals surface area contributed by atoms with Crippen LogP contribution in [0.1, 0.15) is 13.8 Å². The fraction of sp³-hybridized carbons (Fsp3) is 0.700. The van der Waals surface area contributed by atoms with Crippen molar-refractivity contribution in [2.45, 2.75) is 20.0 Å². The monoisotopic (exact) mass is 198 g/mol. The lowest BCUT2D eigenvalue weighted by atomic mass is 10.2. The van der Waals surface area contributed by atoms with Gasteiger partial charge in [0.05, 0.1) is 28.2 Å². The van der Waals surface area contributed by atoms with Crippen LogP contribution < -0.4 is 11.1 Å². The average Bonchev–Trinajstić information content (AvgIpc) is 2.14. The fourth-order valence-corrected chi connectivity index (χ4v) is 1.88. The normalized spacial score (nSPS) is 26.9. The van der Waals surface area contributed by atoms with Crippen molar-refractivity contribution in [2.75, 3.05) is 28.2 Å². The van der Waals surface area contributed by atoms with E-state index in [1.54, 1.807) is 0 Å². The van der Waals surface area contributed by atoms with Gasteiger partial charge in [-0.05, 0) is 0 Å². The Labute approximate surface area is 86.3 Å². The Kier molecular flexibility index (Phi) is 2.58. The summed E-state index contributed by atoms with van der Waals surface area (Å²) in [5.41, 5.74) is 8.15. The highest BCUT2D eigenvalue weighted by molar-refractivity contribution is 5.93. The van der Waals surface area contributed by atoms with Gasteiger partial charge in [0.1, 0.15) is 5.70 Å². The highest BCUT2D eigenvalue weighted by Crippen LogP contribution is 2.22. The van der Waals surface area contributed by atoms with Crippen LogP contribution in [-0.4, -0.2) is 49.3 Å². The molecule has 0 spiro atoms. The minimum Gasteiger partial charge on any atom is -0.387 e. The number of nitrogens with zero attached hydrogens (tertiary/aromatic N) is 2. The van der Waals surface area contributed by atoms with Crippen molar-refractivity contribution < 1.29 is 9.06 Å². The third-order valence-corrected chi connectivity index (χ3v) is 3.59. The Morgan fingerprint density at radius 3 is 2.36 bits per heavy atom. The van der Waals surface area contributed by atoms with E-state index in [0.717, 1.165) is 16.0 Å². The van der Waals surface area contributed by atoms with Crippen molar-refractivity contribution in [3.8, 4) is 0 Å². The van der Waals surface area contributed by atoms with Gasteiger partial charge in [-0.1, -0.05) is 0 Å². The molecule has 0 aromatic carbocycles. The van der Waals surface area contributed by atoms with Gasteiger partial charge in [0.25, 0.3) is 0 Å². The summed E-state index contributed by atoms with van der Waals surface area (Å²) in [5, 5.41) is 3.15. The number of allylic oxidation sites excluding steroid dienone is 1. The highest BCUT2D eigenvalue weighted by atomic mass is 15.5. The molecule has 0 bridgehead atoms. The van der Waals surface area contributed by atoms with Crippen LogP contribution in [0.15, 0.2) is 11.4 Å². The molecule has 3 N–H and O–H groups in total. The molecular formula is C10H22N4+2. The van der Waals surface area contributed by atoms with Gasteiger partial charge < -0.3 is 5.73 Å². The smallest absolute Gasteiger partial charge is 0.303 e. The van der Waals surface area contributed by atoms with E-state index in [4.69, 9.17) is 5.73 Å². The van der Waals surface area contributed by atoms with Crippen molar-refractivity contribution in [2.24, 2.45) is 5.73 Å². The fourth-order valence-electron chi connectivity index (χ4n) is 1.88. The molecule has 1 heterocycles. The number of quaternary nitrogens is 1. The van der Waals surface area contributed by atoms with E-state index in [0.29, 0.717) is 6.17 Å². The number of likely N-dealkylation sites (N-methyl/N-ethyl adjacent to an activating group) is 1. The molecule has 0 aromatic rings. The zero-order valence-electron chi connectivity index (χ0n) is 10.0. The molecule has 80 valence electrons. The lowest BCUT2D eigenvalue weighted by Gasteiger charge is -2.38. The van der Waals surface area contributed by atoms with E-state index in [-0.39, 0.29) is 0 Å². The Morgan fingerprint density at radius 1 is 1.43 bits per heavy atom. The summed E-state index contributed by atoms with van der Waals surface area (Å²) < 4.78 is 3.00. The first-order chi connectivity index (χ1) is 6.34. The molecule has 1 aliphatic heterocycles. The minimum absolute atomic E-state index is 0.393. The summed E-state index contributed by atoms with van der Waals surface area (Å²) >= 11 is 0. The molecule has 0 saturated heterocycles. The van der Waals surface area contributed by atoms with E-state index in [2.05, 4.69) is 44.9 Å². The van der Waals surface area contributed by atoms with E-state index in [1.165, 1.54) is 5.70 Å². The molecule has 0 radical (unpaired) electrons. The van der Waals surface area contributed by atoms with Gasteiger partial charge in [-0.25, -0.2) is 4.58 Å². The quantitative estimate of drug-likeness (QED) is 0.421. The summed E-state index contributed by atoms with van der Waals surface area (Å²) in [6.45, 7) is 4.30. The van der Waals surface area contributed by atoms with Gasteiger partial charge in [0.15, 0.2) is 5.70 Å². The number of rotatable bonds is 0. The zero-order chi connectivity index (χ0) is 11.1. The van der Waals surface area contributed by atoms with E-state index < -0.39 is 0 Å². The first-order valence-electron chi connectivity index (χ1n) is 4.92. The highest BCUT2D eigenvalue weighted by Gasteiger charge is 2.40. The van der Waals surface area contributed by atoms with Crippen LogP contribution in [0.5, 0.6) is 0 Å². The molecule has 0 aromatic heterocycles. The standard InChI is InChI=1S/C10H21N4/c1-7-9(11)10(12-3)13(4)8(2)14(7,5)6/h8H,11H2,1-6H3/q+1/p+1. The van der Waals surface area contributed by atoms with Crippen molar-refractivity contribution in [1.82, 2.24) is 5.32 Å². The Balaban J connectivity index is 3.33. The molecular weight excluding hydrogens is 176 g/mol. The minimum atomic E-state index is 0.393. The lowest BCUT2D eigenvalue weighted by molar-refractivity contribution is -0.969. The second-order valence-electron chi connectivity index (χ2n) is 4.38. The zero-order valence-corrected chi connectivity index (χ0v) is 10.0. The van der Waals surface area contributed by atoms with Crippen molar-refractivity contribution in [1.29, 1.82) is 0 Å². The summed E-state index contributed by atoms with van der Waals surface area (Å²) in [7, 11) is 8.32. The van der Waals surface area contributed by atoms with Crippen LogP contribution in [0.3, 0.4) is 0 Å². The van der Waals surface area contributed by atoms with E-state index in [1.807, 2.05) is 7.05 Å². The van der Waals surface area contributed by atoms with Gasteiger partial charge in [-0.15, -0.1) is 0 Å². The largest absolute Gasteiger partial charge is 0.387 e. The maximum atomic E-state index is 6.08. The first-order valence-corrected chi connectivity index (χ1v) is 4.92. The van der Waals surface area contributed by atoms with Crippen molar-refractivity contribution in [3.05, 3.63) is 11.4 Å². The van der Waals surface area contributed by atoms with Crippen LogP contribution >= 0.6 is 0 Å². The molecule has 0 fully saturated rings. The number of nitrogens with two attached hydrogens (primary N) is 1. The molecule has 0 aliphatic carbocycles. The van der Waals surface area contributed by atoms with Gasteiger partial charge in [-0.3, -0.25) is 9.80 Å². The average molecular weight is 198 g/mol. The van der Waals surface area contributed by atoms with Gasteiger partial charge in [-0.2, -0.15) is 0 Å². The molecule has 1 aliphatic rings. The van der Waals surface area contributed by atoms with Crippen LogP contribution in [-0.2, 0) is 0 Å². The van der Waals surface area contributed by atoms with Crippen LogP contribution in [0.2, 0.25) is 0 Å². The third kappa shape index (κ3) is 1.30. The van der Waals surface area contributed by atoms with Crippen molar-refractivity contribution >= 4 is 5.84 Å². The maximum absolute atomic E-state index is 6.08. The summed E-state index contributed by atoms with van der Waals surface area (Å²) in [6.07, 6.45) is 0.393. The molecule has 1 unspecified atom stereocenters. The summed E-state index contributed by atoms with van der Waals surface area (Å²) in [6, 6.07) is 0. The summed E-state index contributed by atoms with van der Waals surface area (Å²) in [5.74, 6) is 1.02. The molecule has 4 heteroatoms. The number of hydrogen-bond donors (Lipinski definition) is 2. The number of hydrogen-bond acceptors (Lipinski definition) is 2. The predicted octanol–water partition coefficient (Wildman–Crippen LogP) is -0.127. The lowest BCUT2D eigenvalue weighted by Crippen LogP contribution is -2.58. The van der Waals surface area contributed by atoms with Crippen LogP contribution in [0.25, 0.3) is 0 Å². The van der Waals surface area contributed by atoms with Gasteiger partial charge in [0.2, 0.25) is 6.17 Å². The molecule has 0 amide bonds. The topological polar surface area (TPSA) is 41.1 Å². The van der Waals surface area contributed by atoms with Gasteiger partial charge >= 0.3 is 5.84 Å². The number of amidine groups is 1. The number of nitrogens with one attached hydrogen (secondary N) is 1. The third-order valence-electron chi connectivity index (χ3n) is 3.59. The first kappa shape index (κ1) is 11.0. The van der Waals surface area contributed by atoms with Crippen LogP contribution in [0, 0.1) is 0 Å². The van der Waals surface area contributed by atoms with Gasteiger partial charge in [0, 0.05) is 13.8 Å². The molecule has 14 heavy (non-hydrogen) atoms. The molecule has 4 nitrogen and oxygen atoms in total. The van der Waals surface area contributed by atoms with E-state index in [9.17, 15) is 0 Å².